The molecule has 2 aliphatic rings. The first kappa shape index (κ1) is 28.8. The Morgan fingerprint density at radius 1 is 0.750 bits per heavy atom. The number of ether oxygens (including phenoxy) is 2. The van der Waals surface area contributed by atoms with Crippen molar-refractivity contribution in [3.05, 3.63) is 95.6 Å². The van der Waals surface area contributed by atoms with Crippen LogP contribution in [0.2, 0.25) is 0 Å². The van der Waals surface area contributed by atoms with Crippen molar-refractivity contribution in [1.82, 2.24) is 0 Å². The number of hydrogen-bond acceptors (Lipinski definition) is 8. The van der Waals surface area contributed by atoms with Crippen LogP contribution >= 0.6 is 0 Å². The molecule has 8 N–H and O–H groups in total. The number of aliphatic hydroxyl groups excluding tert-OH is 3. The first-order chi connectivity index (χ1) is 16.8. The van der Waals surface area contributed by atoms with Crippen molar-refractivity contribution in [1.29, 1.82) is 0 Å². The van der Waals surface area contributed by atoms with Crippen molar-refractivity contribution >= 4 is 5.97 Å². The predicted molar refractivity (Wildman–Crippen MR) is 136 cm³/mol. The Balaban J connectivity index is 0.000000188. The topological polar surface area (TPSA) is 168 Å². The van der Waals surface area contributed by atoms with Crippen molar-refractivity contribution < 1.29 is 34.7 Å². The molecule has 0 bridgehead atoms. The monoisotopic (exact) mass is 498 g/mol. The Hall–Kier alpha value is -3.47. The lowest BCUT2D eigenvalue weighted by Gasteiger charge is -2.27. The minimum absolute atomic E-state index is 0. The summed E-state index contributed by atoms with van der Waals surface area (Å²) in [6.45, 7) is 0.580. The van der Waals surface area contributed by atoms with Gasteiger partial charge in [0, 0.05) is 11.1 Å². The molecule has 0 saturated carbocycles. The van der Waals surface area contributed by atoms with E-state index in [4.69, 9.17) is 31.2 Å². The molecule has 5 atom stereocenters. The second-order valence-electron chi connectivity index (χ2n) is 8.04. The molecule has 2 aliphatic heterocycles. The summed E-state index contributed by atoms with van der Waals surface area (Å²) in [5, 5.41) is 36.1. The lowest BCUT2D eigenvalue weighted by atomic mass is 9.99. The molecule has 3 aromatic rings. The highest BCUT2D eigenvalue weighted by molar-refractivity contribution is 5.73. The highest BCUT2D eigenvalue weighted by Gasteiger charge is 2.26. The Morgan fingerprint density at radius 3 is 1.56 bits per heavy atom. The van der Waals surface area contributed by atoms with Crippen molar-refractivity contribution in [2.24, 2.45) is 11.5 Å². The third kappa shape index (κ3) is 7.27. The van der Waals surface area contributed by atoms with Crippen LogP contribution in [0.3, 0.4) is 0 Å². The van der Waals surface area contributed by atoms with Gasteiger partial charge in [-0.05, 0) is 17.7 Å². The first-order valence-electron chi connectivity index (χ1n) is 11.1. The molecule has 36 heavy (non-hydrogen) atoms. The number of carboxylic acids is 1. The largest absolute Gasteiger partial charge is 0.490 e. The van der Waals surface area contributed by atoms with Crippen LogP contribution in [0.4, 0.5) is 0 Å². The summed E-state index contributed by atoms with van der Waals surface area (Å²) in [5.41, 5.74) is 13.7. The maximum absolute atomic E-state index is 10.2. The zero-order valence-electron chi connectivity index (χ0n) is 19.0. The SMILES string of the molecule is C.N[C@H]1c2ccccc2OC[C@H]1O.N[C@H]1c2ccccc2OC[C@H]1O.O=C(O)C(O)c1ccccc1. The van der Waals surface area contributed by atoms with Gasteiger partial charge in [0.2, 0.25) is 0 Å². The number of hydrogen-bond donors (Lipinski definition) is 6. The fraction of sp³-hybridized carbons (Fsp3) is 0.296. The number of carboxylic acid groups (broad SMARTS) is 1. The quantitative estimate of drug-likeness (QED) is 0.310. The maximum atomic E-state index is 10.2. The van der Waals surface area contributed by atoms with E-state index in [0.29, 0.717) is 5.56 Å². The van der Waals surface area contributed by atoms with Gasteiger partial charge in [0.05, 0.1) is 12.1 Å². The number of aliphatic carboxylic acids is 1. The third-order valence-corrected chi connectivity index (χ3v) is 5.55. The van der Waals surface area contributed by atoms with Crippen LogP contribution in [0.1, 0.15) is 42.3 Å². The molecule has 0 amide bonds. The standard InChI is InChI=1S/2C9H11NO2.C8H8O3.CH4/c2*10-9-6-3-1-2-4-8(6)12-5-7(9)11;9-7(8(10)11)6-4-2-1-3-5-6;/h2*1-4,7,9,11H,5,10H2;1-5,7,9H,(H,10,11);1H4/t2*7-,9+;;/m11../s1. The van der Waals surface area contributed by atoms with Crippen LogP contribution < -0.4 is 20.9 Å². The Kier molecular flexibility index (Phi) is 10.8. The van der Waals surface area contributed by atoms with E-state index in [1.54, 1.807) is 30.3 Å². The summed E-state index contributed by atoms with van der Waals surface area (Å²) < 4.78 is 10.6. The fourth-order valence-corrected chi connectivity index (χ4v) is 3.52. The summed E-state index contributed by atoms with van der Waals surface area (Å²) in [6.07, 6.45) is -2.57. The molecule has 2 heterocycles. The van der Waals surface area contributed by atoms with E-state index in [1.165, 1.54) is 0 Å². The van der Waals surface area contributed by atoms with Gasteiger partial charge in [-0.25, -0.2) is 4.79 Å². The van der Waals surface area contributed by atoms with Gasteiger partial charge in [-0.1, -0.05) is 74.2 Å². The third-order valence-electron chi connectivity index (χ3n) is 5.55. The molecule has 3 aromatic carbocycles. The van der Waals surface area contributed by atoms with Gasteiger partial charge in [-0.15, -0.1) is 0 Å². The van der Waals surface area contributed by atoms with Crippen LogP contribution in [0.5, 0.6) is 11.5 Å². The highest BCUT2D eigenvalue weighted by Crippen LogP contribution is 2.30. The van der Waals surface area contributed by atoms with Gasteiger partial charge in [-0.2, -0.15) is 0 Å². The molecular weight excluding hydrogens is 464 g/mol. The van der Waals surface area contributed by atoms with E-state index in [9.17, 15) is 15.0 Å². The van der Waals surface area contributed by atoms with Crippen molar-refractivity contribution in [2.45, 2.75) is 37.8 Å². The van der Waals surface area contributed by atoms with E-state index < -0.39 is 24.3 Å². The van der Waals surface area contributed by atoms with Crippen LogP contribution in [0, 0.1) is 0 Å². The first-order valence-corrected chi connectivity index (χ1v) is 11.1. The predicted octanol–water partition coefficient (Wildman–Crippen LogP) is 2.32. The van der Waals surface area contributed by atoms with E-state index in [0.717, 1.165) is 22.6 Å². The molecule has 5 rings (SSSR count). The molecule has 194 valence electrons. The number of rotatable bonds is 2. The number of para-hydroxylation sites is 2. The van der Waals surface area contributed by atoms with E-state index in [2.05, 4.69) is 0 Å². The zero-order valence-corrected chi connectivity index (χ0v) is 19.0. The maximum Gasteiger partial charge on any atom is 0.337 e. The van der Waals surface area contributed by atoms with Crippen LogP contribution in [-0.4, -0.2) is 51.8 Å². The van der Waals surface area contributed by atoms with Crippen LogP contribution in [0.15, 0.2) is 78.9 Å². The van der Waals surface area contributed by atoms with Crippen molar-refractivity contribution in [3.63, 3.8) is 0 Å². The molecule has 0 radical (unpaired) electrons. The second-order valence-corrected chi connectivity index (χ2v) is 8.04. The minimum Gasteiger partial charge on any atom is -0.490 e. The Bertz CT molecular complexity index is 1040. The van der Waals surface area contributed by atoms with Gasteiger partial charge in [-0.3, -0.25) is 0 Å². The molecule has 0 saturated heterocycles. The number of aliphatic hydroxyl groups is 3. The number of fused-ring (bicyclic) bond motifs is 2. The molecule has 0 fully saturated rings. The average Bonchev–Trinajstić information content (AvgIpc) is 2.89. The van der Waals surface area contributed by atoms with E-state index in [-0.39, 0.29) is 32.7 Å². The Labute approximate surface area is 210 Å². The molecule has 0 aliphatic carbocycles. The van der Waals surface area contributed by atoms with Gasteiger partial charge in [0.1, 0.15) is 36.9 Å². The van der Waals surface area contributed by atoms with Crippen molar-refractivity contribution in [2.75, 3.05) is 13.2 Å². The summed E-state index contributed by atoms with van der Waals surface area (Å²) in [6, 6.07) is 22.7. The van der Waals surface area contributed by atoms with E-state index >= 15 is 0 Å². The van der Waals surface area contributed by atoms with E-state index in [1.807, 2.05) is 48.5 Å². The zero-order chi connectivity index (χ0) is 25.4. The minimum atomic E-state index is -1.41. The second kappa shape index (κ2) is 13.6. The number of benzene rings is 3. The lowest BCUT2D eigenvalue weighted by molar-refractivity contribution is -0.146. The van der Waals surface area contributed by atoms with Crippen molar-refractivity contribution in [3.8, 4) is 11.5 Å². The molecule has 9 heteroatoms. The van der Waals surface area contributed by atoms with Crippen LogP contribution in [-0.2, 0) is 4.79 Å². The summed E-state index contributed by atoms with van der Waals surface area (Å²) in [5.74, 6) is 0.349. The number of nitrogens with two attached hydrogens (primary N) is 2. The lowest BCUT2D eigenvalue weighted by Crippen LogP contribution is -2.35. The smallest absolute Gasteiger partial charge is 0.337 e. The van der Waals surface area contributed by atoms with Gasteiger partial charge < -0.3 is 41.4 Å². The van der Waals surface area contributed by atoms with Gasteiger partial charge >= 0.3 is 5.97 Å². The summed E-state index contributed by atoms with van der Waals surface area (Å²) >= 11 is 0. The fourth-order valence-electron chi connectivity index (χ4n) is 3.52. The summed E-state index contributed by atoms with van der Waals surface area (Å²) in [4.78, 5) is 10.2. The number of carbonyl (C=O) groups is 1. The molecule has 0 aromatic heterocycles. The average molecular weight is 499 g/mol. The highest BCUT2D eigenvalue weighted by atomic mass is 16.5. The molecule has 0 spiro atoms. The normalized spacial score (nSPS) is 22.1. The summed E-state index contributed by atoms with van der Waals surface area (Å²) in [7, 11) is 0. The van der Waals surface area contributed by atoms with Crippen LogP contribution in [0.25, 0.3) is 0 Å². The molecular formula is C27H34N2O7. The molecule has 1 unspecified atom stereocenters. The molecule has 9 nitrogen and oxygen atoms in total. The Morgan fingerprint density at radius 2 is 1.14 bits per heavy atom. The van der Waals surface area contributed by atoms with Gasteiger partial charge in [0.15, 0.2) is 6.10 Å². The van der Waals surface area contributed by atoms with Gasteiger partial charge in [0.25, 0.3) is 0 Å².